The van der Waals surface area contributed by atoms with E-state index in [4.69, 9.17) is 34.8 Å². The molecule has 9 heteroatoms. The number of halogens is 6. The van der Waals surface area contributed by atoms with Gasteiger partial charge in [-0.05, 0) is 13.8 Å². The van der Waals surface area contributed by atoms with E-state index in [1.165, 1.54) is 0 Å². The zero-order valence-corrected chi connectivity index (χ0v) is 10.5. The van der Waals surface area contributed by atoms with Crippen LogP contribution in [0, 0.1) is 0 Å². The molecule has 3 nitrogen and oxygen atoms in total. The molecule has 1 heterocycles. The first-order chi connectivity index (χ1) is 7.05. The standard InChI is InChI=1S/C7H7Cl3F3N3/c1-3(2)16-5(6(8,9)10)4(14-15-16)7(11,12)13/h3H,1-2H3. The number of rotatable bonds is 1. The normalized spacial score (nSPS) is 13.6. The molecule has 0 saturated carbocycles. The van der Waals surface area contributed by atoms with Crippen LogP contribution in [0.3, 0.4) is 0 Å². The van der Waals surface area contributed by atoms with Crippen LogP contribution < -0.4 is 0 Å². The van der Waals surface area contributed by atoms with Crippen LogP contribution in [0.25, 0.3) is 0 Å². The van der Waals surface area contributed by atoms with Gasteiger partial charge in [0.05, 0.1) is 0 Å². The molecule has 1 rings (SSSR count). The van der Waals surface area contributed by atoms with E-state index in [2.05, 4.69) is 10.3 Å². The molecule has 92 valence electrons. The largest absolute Gasteiger partial charge is 0.437 e. The maximum atomic E-state index is 12.6. The topological polar surface area (TPSA) is 30.7 Å². The molecular formula is C7H7Cl3F3N3. The van der Waals surface area contributed by atoms with Crippen molar-refractivity contribution in [2.75, 3.05) is 0 Å². The predicted octanol–water partition coefficient (Wildman–Crippen LogP) is 3.70. The maximum Gasteiger partial charge on any atom is 0.437 e. The average Bonchev–Trinajstić information content (AvgIpc) is 2.43. The van der Waals surface area contributed by atoms with E-state index in [0.717, 1.165) is 4.68 Å². The van der Waals surface area contributed by atoms with Gasteiger partial charge in [0.1, 0.15) is 5.69 Å². The minimum Gasteiger partial charge on any atom is -0.242 e. The molecule has 0 unspecified atom stereocenters. The zero-order chi connectivity index (χ0) is 12.7. The molecule has 0 amide bonds. The first-order valence-corrected chi connectivity index (χ1v) is 5.28. The highest BCUT2D eigenvalue weighted by atomic mass is 35.6. The quantitative estimate of drug-likeness (QED) is 0.740. The number of nitrogens with zero attached hydrogens (tertiary/aromatic N) is 3. The van der Waals surface area contributed by atoms with Crippen LogP contribution in [0.4, 0.5) is 13.2 Å². The fraction of sp³-hybridized carbons (Fsp3) is 0.714. The molecule has 0 aliphatic carbocycles. The molecule has 0 radical (unpaired) electrons. The van der Waals surface area contributed by atoms with Gasteiger partial charge in [0.25, 0.3) is 0 Å². The van der Waals surface area contributed by atoms with Gasteiger partial charge in [-0.3, -0.25) is 0 Å². The summed E-state index contributed by atoms with van der Waals surface area (Å²) in [5, 5.41) is 6.35. The molecule has 0 atom stereocenters. The highest BCUT2D eigenvalue weighted by Crippen LogP contribution is 2.44. The molecule has 0 bridgehead atoms. The SMILES string of the molecule is CC(C)n1nnc(C(F)(F)F)c1C(Cl)(Cl)Cl. The Morgan fingerprint density at radius 1 is 1.19 bits per heavy atom. The molecule has 0 N–H and O–H groups in total. The summed E-state index contributed by atoms with van der Waals surface area (Å²) in [5.41, 5.74) is -1.85. The van der Waals surface area contributed by atoms with Crippen molar-refractivity contribution in [3.63, 3.8) is 0 Å². The summed E-state index contributed by atoms with van der Waals surface area (Å²) in [6.45, 7) is 3.21. The Morgan fingerprint density at radius 3 is 2.00 bits per heavy atom. The minimum atomic E-state index is -4.70. The lowest BCUT2D eigenvalue weighted by Gasteiger charge is -2.17. The fourth-order valence-corrected chi connectivity index (χ4v) is 1.64. The minimum absolute atomic E-state index is 0.394. The second-order valence-corrected chi connectivity index (χ2v) is 5.60. The summed E-state index contributed by atoms with van der Waals surface area (Å²) < 4.78 is 36.4. The summed E-state index contributed by atoms with van der Waals surface area (Å²) >= 11 is 16.5. The van der Waals surface area contributed by atoms with E-state index in [-0.39, 0.29) is 0 Å². The number of hydrogen-bond acceptors (Lipinski definition) is 2. The van der Waals surface area contributed by atoms with Gasteiger partial charge in [0.2, 0.25) is 3.79 Å². The van der Waals surface area contributed by atoms with Gasteiger partial charge >= 0.3 is 6.18 Å². The summed E-state index contributed by atoms with van der Waals surface area (Å²) in [4.78, 5) is 0. The first kappa shape index (κ1) is 13.9. The Labute approximate surface area is 104 Å². The smallest absolute Gasteiger partial charge is 0.242 e. The molecule has 0 fully saturated rings. The summed E-state index contributed by atoms with van der Waals surface area (Å²) in [6, 6.07) is -0.394. The molecule has 0 aliphatic rings. The highest BCUT2D eigenvalue weighted by Gasteiger charge is 2.45. The Morgan fingerprint density at radius 2 is 1.69 bits per heavy atom. The van der Waals surface area contributed by atoms with Gasteiger partial charge in [-0.15, -0.1) is 5.10 Å². The van der Waals surface area contributed by atoms with Gasteiger partial charge < -0.3 is 0 Å². The number of hydrogen-bond donors (Lipinski definition) is 0. The first-order valence-electron chi connectivity index (χ1n) is 4.14. The lowest BCUT2D eigenvalue weighted by molar-refractivity contribution is -0.141. The van der Waals surface area contributed by atoms with Gasteiger partial charge in [-0.2, -0.15) is 13.2 Å². The Hall–Kier alpha value is -0.200. The van der Waals surface area contributed by atoms with Crippen LogP contribution in [0.2, 0.25) is 0 Å². The van der Waals surface area contributed by atoms with Crippen molar-refractivity contribution in [1.29, 1.82) is 0 Å². The monoisotopic (exact) mass is 295 g/mol. The second-order valence-electron chi connectivity index (χ2n) is 3.32. The number of aromatic nitrogens is 3. The third kappa shape index (κ3) is 2.73. The van der Waals surface area contributed by atoms with Crippen molar-refractivity contribution in [3.8, 4) is 0 Å². The summed E-state index contributed by atoms with van der Waals surface area (Å²) in [7, 11) is 0. The highest BCUT2D eigenvalue weighted by molar-refractivity contribution is 6.66. The second kappa shape index (κ2) is 4.23. The average molecular weight is 297 g/mol. The molecule has 0 spiro atoms. The van der Waals surface area contributed by atoms with Crippen LogP contribution in [0.1, 0.15) is 31.3 Å². The van der Waals surface area contributed by atoms with Crippen LogP contribution in [-0.4, -0.2) is 15.0 Å². The van der Waals surface area contributed by atoms with Crippen molar-refractivity contribution in [1.82, 2.24) is 15.0 Å². The van der Waals surface area contributed by atoms with Crippen molar-refractivity contribution >= 4 is 34.8 Å². The van der Waals surface area contributed by atoms with E-state index in [1.54, 1.807) is 13.8 Å². The molecule has 0 aromatic carbocycles. The van der Waals surface area contributed by atoms with E-state index >= 15 is 0 Å². The van der Waals surface area contributed by atoms with Crippen LogP contribution in [-0.2, 0) is 9.97 Å². The van der Waals surface area contributed by atoms with Crippen LogP contribution in [0.5, 0.6) is 0 Å². The Kier molecular flexibility index (Phi) is 3.67. The number of alkyl halides is 6. The Bertz CT molecular complexity index is 380. The van der Waals surface area contributed by atoms with E-state index in [0.29, 0.717) is 0 Å². The molecule has 0 aliphatic heterocycles. The van der Waals surface area contributed by atoms with Crippen molar-refractivity contribution < 1.29 is 13.2 Å². The Balaban J connectivity index is 3.44. The van der Waals surface area contributed by atoms with E-state index in [1.807, 2.05) is 0 Å². The molecule has 1 aromatic rings. The molecular weight excluding hydrogens is 289 g/mol. The van der Waals surface area contributed by atoms with Gasteiger partial charge in [0.15, 0.2) is 5.69 Å². The van der Waals surface area contributed by atoms with Gasteiger partial charge in [-0.25, -0.2) is 4.68 Å². The predicted molar refractivity (Wildman–Crippen MR) is 54.6 cm³/mol. The maximum absolute atomic E-state index is 12.6. The van der Waals surface area contributed by atoms with Crippen molar-refractivity contribution in [3.05, 3.63) is 11.4 Å². The van der Waals surface area contributed by atoms with E-state index < -0.39 is 27.4 Å². The summed E-state index contributed by atoms with van der Waals surface area (Å²) in [6.07, 6.45) is -4.70. The van der Waals surface area contributed by atoms with Gasteiger partial charge in [0, 0.05) is 6.04 Å². The lowest BCUT2D eigenvalue weighted by Crippen LogP contribution is -2.19. The third-order valence-corrected chi connectivity index (χ3v) is 2.26. The lowest BCUT2D eigenvalue weighted by atomic mass is 10.3. The fourth-order valence-electron chi connectivity index (χ4n) is 1.11. The summed E-state index contributed by atoms with van der Waals surface area (Å²) in [5.74, 6) is 0. The van der Waals surface area contributed by atoms with Crippen LogP contribution in [0.15, 0.2) is 0 Å². The van der Waals surface area contributed by atoms with Gasteiger partial charge in [-0.1, -0.05) is 40.0 Å². The molecule has 1 aromatic heterocycles. The van der Waals surface area contributed by atoms with Crippen LogP contribution >= 0.6 is 34.8 Å². The van der Waals surface area contributed by atoms with Crippen molar-refractivity contribution in [2.24, 2.45) is 0 Å². The van der Waals surface area contributed by atoms with Crippen molar-refractivity contribution in [2.45, 2.75) is 29.9 Å². The third-order valence-electron chi connectivity index (χ3n) is 1.72. The molecule has 0 saturated heterocycles. The van der Waals surface area contributed by atoms with E-state index in [9.17, 15) is 13.2 Å². The molecule has 16 heavy (non-hydrogen) atoms. The zero-order valence-electron chi connectivity index (χ0n) is 8.19.